The highest BCUT2D eigenvalue weighted by molar-refractivity contribution is 5.83. The predicted molar refractivity (Wildman–Crippen MR) is 100 cm³/mol. The van der Waals surface area contributed by atoms with Gasteiger partial charge < -0.3 is 20.7 Å². The van der Waals surface area contributed by atoms with Crippen molar-refractivity contribution in [3.8, 4) is 5.75 Å². The molecular weight excluding hydrogens is 387 g/mol. The van der Waals surface area contributed by atoms with Crippen molar-refractivity contribution in [1.29, 1.82) is 0 Å². The van der Waals surface area contributed by atoms with Crippen LogP contribution in [0.1, 0.15) is 18.1 Å². The normalized spacial score (nSPS) is 18.2. The minimum atomic E-state index is -5.06. The second-order valence-electron chi connectivity index (χ2n) is 6.66. The van der Waals surface area contributed by atoms with Gasteiger partial charge in [-0.2, -0.15) is 13.2 Å². The third-order valence-electron chi connectivity index (χ3n) is 4.55. The Morgan fingerprint density at radius 2 is 1.72 bits per heavy atom. The molecule has 29 heavy (non-hydrogen) atoms. The fourth-order valence-corrected chi connectivity index (χ4v) is 3.21. The van der Waals surface area contributed by atoms with Gasteiger partial charge in [-0.3, -0.25) is 9.59 Å². The molecule has 0 aromatic heterocycles. The average Bonchev–Trinajstić information content (AvgIpc) is 2.69. The van der Waals surface area contributed by atoms with E-state index < -0.39 is 36.7 Å². The number of hydrogen-bond donors (Lipinski definition) is 2. The highest BCUT2D eigenvalue weighted by Gasteiger charge is 2.44. The summed E-state index contributed by atoms with van der Waals surface area (Å²) >= 11 is 0. The van der Waals surface area contributed by atoms with E-state index in [2.05, 4.69) is 5.32 Å². The molecule has 2 atom stereocenters. The molecule has 0 bridgehead atoms. The van der Waals surface area contributed by atoms with Crippen LogP contribution in [0.2, 0.25) is 0 Å². The number of halogens is 3. The van der Waals surface area contributed by atoms with Crippen LogP contribution in [0.4, 0.5) is 18.9 Å². The third kappa shape index (κ3) is 4.98. The maximum atomic E-state index is 13.1. The second kappa shape index (κ2) is 8.42. The molecule has 154 valence electrons. The maximum absolute atomic E-state index is 13.1. The number of benzene rings is 2. The first-order valence-corrected chi connectivity index (χ1v) is 8.97. The number of nitrogens with two attached hydrogens (primary N) is 1. The van der Waals surface area contributed by atoms with Crippen molar-refractivity contribution in [2.24, 2.45) is 5.73 Å². The summed E-state index contributed by atoms with van der Waals surface area (Å²) in [5.74, 6) is -2.25. The van der Waals surface area contributed by atoms with E-state index >= 15 is 0 Å². The summed E-state index contributed by atoms with van der Waals surface area (Å²) in [4.78, 5) is 23.6. The molecular formula is C20H20F3N3O3. The Hall–Kier alpha value is -3.23. The standard InChI is InChI=1S/C20H20F3N3O3/c21-20(22,23)19(28)26(11-10-17(24)27)12-15-18(13-6-2-1-3-7-13)29-16-9-5-4-8-14(16)25-15/h1-9,15,18,25H,10-12H2,(H2,24,27). The number of rotatable bonds is 6. The number of nitrogens with zero attached hydrogens (tertiary/aromatic N) is 1. The van der Waals surface area contributed by atoms with Gasteiger partial charge in [-0.25, -0.2) is 0 Å². The van der Waals surface area contributed by atoms with E-state index in [4.69, 9.17) is 10.5 Å². The summed E-state index contributed by atoms with van der Waals surface area (Å²) in [6.07, 6.45) is -6.07. The molecule has 1 heterocycles. The highest BCUT2D eigenvalue weighted by atomic mass is 19.4. The van der Waals surface area contributed by atoms with Crippen LogP contribution in [0.5, 0.6) is 5.75 Å². The van der Waals surface area contributed by atoms with Crippen LogP contribution < -0.4 is 15.8 Å². The van der Waals surface area contributed by atoms with Crippen LogP contribution in [-0.2, 0) is 9.59 Å². The molecule has 3 rings (SSSR count). The smallest absolute Gasteiger partial charge is 0.471 e. The summed E-state index contributed by atoms with van der Waals surface area (Å²) in [6.45, 7) is -0.755. The van der Waals surface area contributed by atoms with Gasteiger partial charge in [-0.1, -0.05) is 42.5 Å². The number of hydrogen-bond acceptors (Lipinski definition) is 4. The maximum Gasteiger partial charge on any atom is 0.471 e. The van der Waals surface area contributed by atoms with Crippen molar-refractivity contribution in [3.63, 3.8) is 0 Å². The lowest BCUT2D eigenvalue weighted by Gasteiger charge is -2.38. The molecule has 2 unspecified atom stereocenters. The molecule has 2 aromatic rings. The van der Waals surface area contributed by atoms with Crippen molar-refractivity contribution >= 4 is 17.5 Å². The van der Waals surface area contributed by atoms with Crippen molar-refractivity contribution in [1.82, 2.24) is 4.90 Å². The van der Waals surface area contributed by atoms with Crippen LogP contribution in [0.3, 0.4) is 0 Å². The Labute approximate surface area is 165 Å². The number of carbonyl (C=O) groups is 2. The van der Waals surface area contributed by atoms with Crippen LogP contribution in [0.25, 0.3) is 0 Å². The molecule has 0 spiro atoms. The minimum absolute atomic E-state index is 0.320. The first kappa shape index (κ1) is 20.5. The number of nitrogens with one attached hydrogen (secondary N) is 1. The molecule has 6 nitrogen and oxygen atoms in total. The lowest BCUT2D eigenvalue weighted by atomic mass is 9.99. The summed E-state index contributed by atoms with van der Waals surface area (Å²) in [5.41, 5.74) is 6.42. The Morgan fingerprint density at radius 3 is 2.38 bits per heavy atom. The molecule has 0 saturated heterocycles. The number of amides is 2. The summed E-state index contributed by atoms with van der Waals surface area (Å²) < 4.78 is 45.3. The van der Waals surface area contributed by atoms with Gasteiger partial charge in [0.1, 0.15) is 11.9 Å². The molecule has 2 aromatic carbocycles. The summed E-state index contributed by atoms with van der Waals surface area (Å²) in [7, 11) is 0. The van der Waals surface area contributed by atoms with E-state index in [9.17, 15) is 22.8 Å². The zero-order valence-corrected chi connectivity index (χ0v) is 15.4. The first-order valence-electron chi connectivity index (χ1n) is 8.97. The van der Waals surface area contributed by atoms with Gasteiger partial charge in [0.25, 0.3) is 0 Å². The molecule has 2 amide bonds. The van der Waals surface area contributed by atoms with E-state index in [-0.39, 0.29) is 13.0 Å². The van der Waals surface area contributed by atoms with Crippen LogP contribution >= 0.6 is 0 Å². The SMILES string of the molecule is NC(=O)CCN(CC1Nc2ccccc2OC1c1ccccc1)C(=O)C(F)(F)F. The molecule has 0 radical (unpaired) electrons. The Kier molecular flexibility index (Phi) is 5.95. The number of carbonyl (C=O) groups excluding carboxylic acids is 2. The van der Waals surface area contributed by atoms with Crippen molar-refractivity contribution in [3.05, 3.63) is 60.2 Å². The fraction of sp³-hybridized carbons (Fsp3) is 0.300. The van der Waals surface area contributed by atoms with E-state index in [1.807, 2.05) is 6.07 Å². The van der Waals surface area contributed by atoms with Crippen LogP contribution in [0, 0.1) is 0 Å². The fourth-order valence-electron chi connectivity index (χ4n) is 3.21. The number of para-hydroxylation sites is 2. The average molecular weight is 407 g/mol. The highest BCUT2D eigenvalue weighted by Crippen LogP contribution is 2.37. The van der Waals surface area contributed by atoms with Crippen LogP contribution in [-0.4, -0.2) is 42.0 Å². The Balaban J connectivity index is 1.90. The topological polar surface area (TPSA) is 84.7 Å². The number of alkyl halides is 3. The number of anilines is 1. The molecule has 0 saturated carbocycles. The van der Waals surface area contributed by atoms with Gasteiger partial charge in [0.05, 0.1) is 11.7 Å². The van der Waals surface area contributed by atoms with Gasteiger partial charge >= 0.3 is 12.1 Å². The predicted octanol–water partition coefficient (Wildman–Crippen LogP) is 2.87. The minimum Gasteiger partial charge on any atom is -0.481 e. The van der Waals surface area contributed by atoms with Gasteiger partial charge in [-0.05, 0) is 17.7 Å². The Bertz CT molecular complexity index is 874. The number of primary amides is 1. The molecule has 0 fully saturated rings. The van der Waals surface area contributed by atoms with E-state index in [0.717, 1.165) is 5.56 Å². The zero-order chi connectivity index (χ0) is 21.0. The van der Waals surface area contributed by atoms with Gasteiger partial charge in [-0.15, -0.1) is 0 Å². The molecule has 3 N–H and O–H groups in total. The largest absolute Gasteiger partial charge is 0.481 e. The monoisotopic (exact) mass is 407 g/mol. The first-order chi connectivity index (χ1) is 13.8. The van der Waals surface area contributed by atoms with Crippen molar-refractivity contribution in [2.45, 2.75) is 24.7 Å². The quantitative estimate of drug-likeness (QED) is 0.771. The second-order valence-corrected chi connectivity index (χ2v) is 6.66. The van der Waals surface area contributed by atoms with Gasteiger partial charge in [0, 0.05) is 19.5 Å². The number of fused-ring (bicyclic) bond motifs is 1. The van der Waals surface area contributed by atoms with Crippen LogP contribution in [0.15, 0.2) is 54.6 Å². The lowest BCUT2D eigenvalue weighted by Crippen LogP contribution is -2.50. The summed E-state index contributed by atoms with van der Waals surface area (Å²) in [6, 6.07) is 15.4. The van der Waals surface area contributed by atoms with Crippen molar-refractivity contribution < 1.29 is 27.5 Å². The number of ether oxygens (including phenoxy) is 1. The van der Waals surface area contributed by atoms with Gasteiger partial charge in [0.15, 0.2) is 0 Å². The zero-order valence-electron chi connectivity index (χ0n) is 15.4. The third-order valence-corrected chi connectivity index (χ3v) is 4.55. The van der Waals surface area contributed by atoms with E-state index in [1.165, 1.54) is 0 Å². The molecule has 9 heteroatoms. The molecule has 0 aliphatic carbocycles. The van der Waals surface area contributed by atoms with E-state index in [1.54, 1.807) is 48.5 Å². The Morgan fingerprint density at radius 1 is 1.07 bits per heavy atom. The van der Waals surface area contributed by atoms with Crippen molar-refractivity contribution in [2.75, 3.05) is 18.4 Å². The van der Waals surface area contributed by atoms with E-state index in [0.29, 0.717) is 16.3 Å². The molecule has 1 aliphatic heterocycles. The summed E-state index contributed by atoms with van der Waals surface area (Å²) in [5, 5.41) is 3.17. The molecule has 1 aliphatic rings. The van der Waals surface area contributed by atoms with Gasteiger partial charge in [0.2, 0.25) is 5.91 Å². The lowest BCUT2D eigenvalue weighted by molar-refractivity contribution is -0.186.